The lowest BCUT2D eigenvalue weighted by Gasteiger charge is -2.18. The van der Waals surface area contributed by atoms with Crippen molar-refractivity contribution < 1.29 is 4.79 Å². The van der Waals surface area contributed by atoms with Gasteiger partial charge in [-0.2, -0.15) is 5.53 Å². The Morgan fingerprint density at radius 2 is 2.58 bits per heavy atom. The first-order valence-corrected chi connectivity index (χ1v) is 3.38. The maximum atomic E-state index is 10.8. The molecule has 1 aliphatic rings. The fourth-order valence-corrected chi connectivity index (χ4v) is 1.04. The fraction of sp³-hybridized carbons (Fsp3) is 0.200. The molecular weight excluding hydrogens is 160 g/mol. The minimum Gasteiger partial charge on any atom is -0.364 e. The van der Waals surface area contributed by atoms with E-state index in [0.717, 1.165) is 0 Å². The van der Waals surface area contributed by atoms with Gasteiger partial charge in [-0.15, -0.1) is 0 Å². The standard InChI is InChI=1S/C5H8N6O/c6-4(12)3-5-9-10-8-2-11(5)1-7-3/h1,8-10H,2H2,(H2,6,12). The number of imidazole rings is 1. The van der Waals surface area contributed by atoms with Crippen LogP contribution in [-0.2, 0) is 6.67 Å². The number of hydrogen-bond donors (Lipinski definition) is 4. The first kappa shape index (κ1) is 7.07. The maximum absolute atomic E-state index is 10.8. The van der Waals surface area contributed by atoms with E-state index >= 15 is 0 Å². The van der Waals surface area contributed by atoms with Crippen LogP contribution in [0.1, 0.15) is 10.5 Å². The average molecular weight is 168 g/mol. The molecule has 0 atom stereocenters. The molecule has 1 aliphatic heterocycles. The van der Waals surface area contributed by atoms with Crippen LogP contribution < -0.4 is 22.1 Å². The number of rotatable bonds is 1. The Labute approximate surface area is 67.9 Å². The van der Waals surface area contributed by atoms with E-state index in [0.29, 0.717) is 12.5 Å². The molecule has 7 nitrogen and oxygen atoms in total. The quantitative estimate of drug-likeness (QED) is 0.404. The molecular formula is C5H8N6O. The molecule has 1 amide bonds. The molecule has 0 saturated heterocycles. The monoisotopic (exact) mass is 168 g/mol. The lowest BCUT2D eigenvalue weighted by molar-refractivity contribution is 0.0996. The molecule has 1 aromatic rings. The fourth-order valence-electron chi connectivity index (χ4n) is 1.04. The van der Waals surface area contributed by atoms with Gasteiger partial charge in [0, 0.05) is 0 Å². The van der Waals surface area contributed by atoms with Crippen molar-refractivity contribution in [3.05, 3.63) is 12.0 Å². The van der Waals surface area contributed by atoms with Crippen molar-refractivity contribution in [1.82, 2.24) is 20.5 Å². The van der Waals surface area contributed by atoms with E-state index in [4.69, 9.17) is 5.73 Å². The molecule has 5 N–H and O–H groups in total. The van der Waals surface area contributed by atoms with Crippen LogP contribution in [0.2, 0.25) is 0 Å². The van der Waals surface area contributed by atoms with Crippen LogP contribution in [0, 0.1) is 0 Å². The molecule has 1 aromatic heterocycles. The predicted octanol–water partition coefficient (Wildman–Crippen LogP) is -1.63. The van der Waals surface area contributed by atoms with Gasteiger partial charge in [-0.1, -0.05) is 0 Å². The Morgan fingerprint density at radius 1 is 1.75 bits per heavy atom. The van der Waals surface area contributed by atoms with Gasteiger partial charge in [-0.05, 0) is 0 Å². The van der Waals surface area contributed by atoms with Crippen molar-refractivity contribution in [2.45, 2.75) is 6.67 Å². The summed E-state index contributed by atoms with van der Waals surface area (Å²) in [5.41, 5.74) is 13.5. The van der Waals surface area contributed by atoms with Crippen LogP contribution in [0.5, 0.6) is 0 Å². The summed E-state index contributed by atoms with van der Waals surface area (Å²) < 4.78 is 1.73. The van der Waals surface area contributed by atoms with Gasteiger partial charge in [-0.25, -0.2) is 10.4 Å². The third-order valence-corrected chi connectivity index (χ3v) is 1.59. The average Bonchev–Trinajstić information content (AvgIpc) is 2.47. The first-order valence-electron chi connectivity index (χ1n) is 3.38. The van der Waals surface area contributed by atoms with E-state index in [1.54, 1.807) is 4.57 Å². The van der Waals surface area contributed by atoms with Crippen molar-refractivity contribution in [2.75, 3.05) is 5.43 Å². The topological polar surface area (TPSA) is 97.0 Å². The highest BCUT2D eigenvalue weighted by molar-refractivity contribution is 5.95. The summed E-state index contributed by atoms with van der Waals surface area (Å²) in [7, 11) is 0. The number of primary amides is 1. The summed E-state index contributed by atoms with van der Waals surface area (Å²) >= 11 is 0. The predicted molar refractivity (Wildman–Crippen MR) is 40.6 cm³/mol. The van der Waals surface area contributed by atoms with Gasteiger partial charge in [0.05, 0.1) is 13.0 Å². The number of carbonyl (C=O) groups excluding carboxylic acids is 1. The highest BCUT2D eigenvalue weighted by Crippen LogP contribution is 2.13. The van der Waals surface area contributed by atoms with E-state index in [2.05, 4.69) is 21.4 Å². The summed E-state index contributed by atoms with van der Waals surface area (Å²) in [6, 6.07) is 0. The Balaban J connectivity index is 2.44. The maximum Gasteiger partial charge on any atom is 0.271 e. The number of fused-ring (bicyclic) bond motifs is 1. The Hall–Kier alpha value is -1.60. The minimum atomic E-state index is -0.542. The second-order valence-corrected chi connectivity index (χ2v) is 2.36. The van der Waals surface area contributed by atoms with Crippen molar-refractivity contribution in [1.29, 1.82) is 0 Å². The third-order valence-electron chi connectivity index (χ3n) is 1.59. The minimum absolute atomic E-state index is 0.240. The molecule has 0 aliphatic carbocycles. The molecule has 7 heteroatoms. The number of carbonyl (C=O) groups is 1. The van der Waals surface area contributed by atoms with Gasteiger partial charge in [0.1, 0.15) is 0 Å². The van der Waals surface area contributed by atoms with Gasteiger partial charge >= 0.3 is 0 Å². The van der Waals surface area contributed by atoms with Gasteiger partial charge < -0.3 is 10.3 Å². The molecule has 64 valence electrons. The molecule has 0 saturated carbocycles. The molecule has 2 heterocycles. The molecule has 0 aromatic carbocycles. The zero-order valence-corrected chi connectivity index (χ0v) is 6.16. The molecule has 0 bridgehead atoms. The zero-order chi connectivity index (χ0) is 8.55. The summed E-state index contributed by atoms with van der Waals surface area (Å²) in [6.07, 6.45) is 1.54. The number of hydrazine groups is 2. The molecule has 12 heavy (non-hydrogen) atoms. The molecule has 0 radical (unpaired) electrons. The van der Waals surface area contributed by atoms with Gasteiger partial charge in [0.25, 0.3) is 5.91 Å². The van der Waals surface area contributed by atoms with Crippen LogP contribution >= 0.6 is 0 Å². The van der Waals surface area contributed by atoms with E-state index < -0.39 is 5.91 Å². The second-order valence-electron chi connectivity index (χ2n) is 2.36. The van der Waals surface area contributed by atoms with Gasteiger partial charge in [-0.3, -0.25) is 10.2 Å². The van der Waals surface area contributed by atoms with Crippen LogP contribution in [0.15, 0.2) is 6.33 Å². The Morgan fingerprint density at radius 3 is 3.33 bits per heavy atom. The number of amides is 1. The van der Waals surface area contributed by atoms with E-state index in [-0.39, 0.29) is 5.69 Å². The number of anilines is 1. The smallest absolute Gasteiger partial charge is 0.271 e. The van der Waals surface area contributed by atoms with Gasteiger partial charge in [0.2, 0.25) is 0 Å². The number of nitrogens with one attached hydrogen (secondary N) is 3. The van der Waals surface area contributed by atoms with Gasteiger partial charge in [0.15, 0.2) is 11.5 Å². The van der Waals surface area contributed by atoms with E-state index in [9.17, 15) is 4.79 Å². The van der Waals surface area contributed by atoms with Crippen molar-refractivity contribution in [2.24, 2.45) is 5.73 Å². The summed E-state index contributed by atoms with van der Waals surface area (Å²) in [4.78, 5) is 14.6. The SMILES string of the molecule is NC(=O)c1ncn2c1NNNC2. The second kappa shape index (κ2) is 2.47. The largest absolute Gasteiger partial charge is 0.364 e. The number of aromatic nitrogens is 2. The molecule has 0 spiro atoms. The van der Waals surface area contributed by atoms with Crippen molar-refractivity contribution >= 4 is 11.7 Å². The lowest BCUT2D eigenvalue weighted by Crippen LogP contribution is -2.43. The van der Waals surface area contributed by atoms with Crippen LogP contribution in [0.4, 0.5) is 5.82 Å². The van der Waals surface area contributed by atoms with Crippen LogP contribution in [-0.4, -0.2) is 15.5 Å². The highest BCUT2D eigenvalue weighted by Gasteiger charge is 2.16. The third kappa shape index (κ3) is 0.917. The molecule has 0 unspecified atom stereocenters. The number of hydrogen-bond acceptors (Lipinski definition) is 5. The van der Waals surface area contributed by atoms with Crippen LogP contribution in [0.25, 0.3) is 0 Å². The molecule has 0 fully saturated rings. The molecule has 2 rings (SSSR count). The summed E-state index contributed by atoms with van der Waals surface area (Å²) in [5, 5.41) is 0. The Kier molecular flexibility index (Phi) is 1.45. The highest BCUT2D eigenvalue weighted by atomic mass is 16.1. The number of nitrogens with zero attached hydrogens (tertiary/aromatic N) is 2. The van der Waals surface area contributed by atoms with E-state index in [1.807, 2.05) is 0 Å². The summed E-state index contributed by atoms with van der Waals surface area (Å²) in [5.74, 6) is 0.0428. The van der Waals surface area contributed by atoms with Crippen molar-refractivity contribution in [3.8, 4) is 0 Å². The van der Waals surface area contributed by atoms with Crippen molar-refractivity contribution in [3.63, 3.8) is 0 Å². The normalized spacial score (nSPS) is 15.0. The van der Waals surface area contributed by atoms with E-state index in [1.165, 1.54) is 6.33 Å². The zero-order valence-electron chi connectivity index (χ0n) is 6.16. The lowest BCUT2D eigenvalue weighted by atomic mass is 10.4. The first-order chi connectivity index (χ1) is 5.79. The van der Waals surface area contributed by atoms with Crippen LogP contribution in [0.3, 0.4) is 0 Å². The Bertz CT molecular complexity index is 318. The number of nitrogens with two attached hydrogens (primary N) is 1. The summed E-state index contributed by atoms with van der Waals surface area (Å²) in [6.45, 7) is 0.544.